The maximum absolute atomic E-state index is 13.0. The number of nitrogens with zero attached hydrogens (tertiary/aromatic N) is 3. The molecule has 0 unspecified atom stereocenters. The topological polar surface area (TPSA) is 55.3 Å². The van der Waals surface area contributed by atoms with Crippen LogP contribution in [-0.4, -0.2) is 41.0 Å². The summed E-state index contributed by atoms with van der Waals surface area (Å²) in [5, 5.41) is 0. The Morgan fingerprint density at radius 2 is 1.88 bits per heavy atom. The Labute approximate surface area is 147 Å². The lowest BCUT2D eigenvalue weighted by Gasteiger charge is -2.26. The normalized spacial score (nSPS) is 12.0. The van der Waals surface area contributed by atoms with Gasteiger partial charge in [0, 0.05) is 25.5 Å². The van der Waals surface area contributed by atoms with E-state index in [2.05, 4.69) is 9.97 Å². The van der Waals surface area contributed by atoms with Gasteiger partial charge in [0.2, 0.25) is 0 Å². The largest absolute Gasteiger partial charge is 0.496 e. The van der Waals surface area contributed by atoms with Crippen molar-refractivity contribution in [3.05, 3.63) is 66.0 Å². The number of hydrogen-bond acceptors (Lipinski definition) is 4. The first kappa shape index (κ1) is 16.9. The van der Waals surface area contributed by atoms with Gasteiger partial charge in [0.1, 0.15) is 11.3 Å². The number of methoxy groups -OCH3 is 1. The minimum Gasteiger partial charge on any atom is -0.496 e. The molecule has 0 bridgehead atoms. The van der Waals surface area contributed by atoms with Crippen LogP contribution in [-0.2, 0) is 6.42 Å². The average molecular weight is 335 g/mol. The van der Waals surface area contributed by atoms with Crippen LogP contribution in [0.25, 0.3) is 11.0 Å². The van der Waals surface area contributed by atoms with E-state index in [1.807, 2.05) is 50.4 Å². The molecule has 0 aliphatic rings. The predicted molar refractivity (Wildman–Crippen MR) is 97.8 cm³/mol. The summed E-state index contributed by atoms with van der Waals surface area (Å²) in [7, 11) is 3.48. The first-order valence-corrected chi connectivity index (χ1v) is 8.20. The highest BCUT2D eigenvalue weighted by atomic mass is 16.5. The van der Waals surface area contributed by atoms with Crippen molar-refractivity contribution in [1.29, 1.82) is 0 Å². The summed E-state index contributed by atoms with van der Waals surface area (Å²) in [6, 6.07) is 13.4. The van der Waals surface area contributed by atoms with Crippen LogP contribution < -0.4 is 4.74 Å². The molecule has 5 nitrogen and oxygen atoms in total. The highest BCUT2D eigenvalue weighted by molar-refractivity contribution is 6.04. The lowest BCUT2D eigenvalue weighted by Crippen LogP contribution is -2.36. The van der Waals surface area contributed by atoms with Gasteiger partial charge in [0.05, 0.1) is 18.2 Å². The van der Waals surface area contributed by atoms with E-state index in [0.717, 1.165) is 16.8 Å². The van der Waals surface area contributed by atoms with Gasteiger partial charge in [0.25, 0.3) is 5.91 Å². The minimum atomic E-state index is -0.0616. The van der Waals surface area contributed by atoms with Crippen molar-refractivity contribution < 1.29 is 9.53 Å². The van der Waals surface area contributed by atoms with Gasteiger partial charge < -0.3 is 9.64 Å². The van der Waals surface area contributed by atoms with E-state index < -0.39 is 0 Å². The second-order valence-electron chi connectivity index (χ2n) is 6.01. The molecule has 5 heteroatoms. The van der Waals surface area contributed by atoms with Crippen LogP contribution >= 0.6 is 0 Å². The number of hydrogen-bond donors (Lipinski definition) is 0. The molecule has 0 radical (unpaired) electrons. The monoisotopic (exact) mass is 335 g/mol. The van der Waals surface area contributed by atoms with Gasteiger partial charge in [-0.2, -0.15) is 0 Å². The minimum absolute atomic E-state index is 0.00993. The molecule has 0 fully saturated rings. The highest BCUT2D eigenvalue weighted by Crippen LogP contribution is 2.22. The maximum Gasteiger partial charge on any atom is 0.256 e. The third-order valence-electron chi connectivity index (χ3n) is 4.42. The van der Waals surface area contributed by atoms with Crippen LogP contribution in [0.2, 0.25) is 0 Å². The Bertz CT molecular complexity index is 890. The number of carbonyl (C=O) groups excluding carboxylic acids is 1. The van der Waals surface area contributed by atoms with Gasteiger partial charge in [-0.25, -0.2) is 0 Å². The Kier molecular flexibility index (Phi) is 4.93. The molecular weight excluding hydrogens is 314 g/mol. The molecule has 1 amide bonds. The molecule has 3 rings (SSSR count). The van der Waals surface area contributed by atoms with E-state index in [1.165, 1.54) is 0 Å². The van der Waals surface area contributed by atoms with Crippen molar-refractivity contribution in [3.8, 4) is 5.75 Å². The molecule has 128 valence electrons. The van der Waals surface area contributed by atoms with Gasteiger partial charge in [-0.05, 0) is 37.1 Å². The molecule has 0 spiro atoms. The molecule has 1 aromatic heterocycles. The molecule has 0 saturated heterocycles. The number of rotatable bonds is 5. The SMILES string of the molecule is COc1ccccc1C[C@@H](C)N(C)C(=O)c1cccc2nccnc12. The van der Waals surface area contributed by atoms with Gasteiger partial charge in [-0.1, -0.05) is 24.3 Å². The number of aromatic nitrogens is 2. The van der Waals surface area contributed by atoms with E-state index in [1.54, 1.807) is 30.5 Å². The van der Waals surface area contributed by atoms with Crippen LogP contribution in [0.3, 0.4) is 0 Å². The summed E-state index contributed by atoms with van der Waals surface area (Å²) < 4.78 is 5.41. The second kappa shape index (κ2) is 7.30. The molecule has 1 heterocycles. The maximum atomic E-state index is 13.0. The molecule has 0 aliphatic carbocycles. The lowest BCUT2D eigenvalue weighted by molar-refractivity contribution is 0.0744. The van der Waals surface area contributed by atoms with E-state index in [9.17, 15) is 4.79 Å². The zero-order valence-corrected chi connectivity index (χ0v) is 14.6. The molecule has 1 atom stereocenters. The Balaban J connectivity index is 1.84. The van der Waals surface area contributed by atoms with Crippen LogP contribution in [0.5, 0.6) is 5.75 Å². The van der Waals surface area contributed by atoms with Crippen LogP contribution in [0.15, 0.2) is 54.9 Å². The standard InChI is InChI=1S/C20H21N3O2/c1-14(13-15-7-4-5-10-18(15)25-3)23(2)20(24)16-8-6-9-17-19(16)22-12-11-21-17/h4-12,14H,13H2,1-3H3/t14-/m1/s1. The summed E-state index contributed by atoms with van der Waals surface area (Å²) in [4.78, 5) is 23.3. The summed E-state index contributed by atoms with van der Waals surface area (Å²) in [5.74, 6) is 0.778. The molecular formula is C20H21N3O2. The Morgan fingerprint density at radius 1 is 1.12 bits per heavy atom. The average Bonchev–Trinajstić information content (AvgIpc) is 2.66. The zero-order valence-electron chi connectivity index (χ0n) is 14.6. The van der Waals surface area contributed by atoms with Crippen LogP contribution in [0, 0.1) is 0 Å². The number of amides is 1. The molecule has 25 heavy (non-hydrogen) atoms. The predicted octanol–water partition coefficient (Wildman–Crippen LogP) is 3.34. The quantitative estimate of drug-likeness (QED) is 0.717. The van der Waals surface area contributed by atoms with Crippen molar-refractivity contribution in [2.75, 3.05) is 14.2 Å². The third-order valence-corrected chi connectivity index (χ3v) is 4.42. The fourth-order valence-electron chi connectivity index (χ4n) is 2.88. The fraction of sp³-hybridized carbons (Fsp3) is 0.250. The van der Waals surface area contributed by atoms with Gasteiger partial charge >= 0.3 is 0 Å². The zero-order chi connectivity index (χ0) is 17.8. The van der Waals surface area contributed by atoms with Crippen molar-refractivity contribution in [1.82, 2.24) is 14.9 Å². The first-order valence-electron chi connectivity index (χ1n) is 8.20. The van der Waals surface area contributed by atoms with Gasteiger partial charge in [-0.15, -0.1) is 0 Å². The fourth-order valence-corrected chi connectivity index (χ4v) is 2.88. The molecule has 2 aromatic carbocycles. The number of carbonyl (C=O) groups is 1. The van der Waals surface area contributed by atoms with Crippen molar-refractivity contribution in [2.24, 2.45) is 0 Å². The Morgan fingerprint density at radius 3 is 2.68 bits per heavy atom. The van der Waals surface area contributed by atoms with Crippen LogP contribution in [0.4, 0.5) is 0 Å². The molecule has 3 aromatic rings. The second-order valence-corrected chi connectivity index (χ2v) is 6.01. The number of benzene rings is 2. The van der Waals surface area contributed by atoms with Gasteiger partial charge in [0.15, 0.2) is 0 Å². The third kappa shape index (κ3) is 3.45. The van der Waals surface area contributed by atoms with E-state index in [-0.39, 0.29) is 11.9 Å². The van der Waals surface area contributed by atoms with E-state index in [4.69, 9.17) is 4.74 Å². The van der Waals surface area contributed by atoms with Crippen molar-refractivity contribution in [3.63, 3.8) is 0 Å². The van der Waals surface area contributed by atoms with Crippen LogP contribution in [0.1, 0.15) is 22.8 Å². The summed E-state index contributed by atoms with van der Waals surface area (Å²) >= 11 is 0. The van der Waals surface area contributed by atoms with E-state index >= 15 is 0 Å². The molecule has 0 N–H and O–H groups in total. The highest BCUT2D eigenvalue weighted by Gasteiger charge is 2.21. The first-order chi connectivity index (χ1) is 12.1. The number of fused-ring (bicyclic) bond motifs is 1. The van der Waals surface area contributed by atoms with Gasteiger partial charge in [-0.3, -0.25) is 14.8 Å². The molecule has 0 aliphatic heterocycles. The molecule has 0 saturated carbocycles. The lowest BCUT2D eigenvalue weighted by atomic mass is 10.0. The smallest absolute Gasteiger partial charge is 0.256 e. The number of ether oxygens (including phenoxy) is 1. The summed E-state index contributed by atoms with van der Waals surface area (Å²) in [5.41, 5.74) is 3.00. The van der Waals surface area contributed by atoms with Crippen molar-refractivity contribution in [2.45, 2.75) is 19.4 Å². The number of likely N-dealkylation sites (N-methyl/N-ethyl adjacent to an activating group) is 1. The Hall–Kier alpha value is -2.95. The summed E-state index contributed by atoms with van der Waals surface area (Å²) in [6.07, 6.45) is 3.95. The number of para-hydroxylation sites is 2. The van der Waals surface area contributed by atoms with E-state index in [0.29, 0.717) is 17.5 Å². The van der Waals surface area contributed by atoms with Crippen molar-refractivity contribution >= 4 is 16.9 Å². The summed E-state index contributed by atoms with van der Waals surface area (Å²) in [6.45, 7) is 2.03.